The number of rotatable bonds is 11. The highest BCUT2D eigenvalue weighted by Crippen LogP contribution is 2.25. The quantitative estimate of drug-likeness (QED) is 0.305. The van der Waals surface area contributed by atoms with Crippen LogP contribution in [0.25, 0.3) is 0 Å². The van der Waals surface area contributed by atoms with Gasteiger partial charge in [-0.1, -0.05) is 57.2 Å². The molecule has 0 radical (unpaired) electrons. The molecule has 0 bridgehead atoms. The first-order valence-electron chi connectivity index (χ1n) is 12.3. The van der Waals surface area contributed by atoms with Gasteiger partial charge in [-0.15, -0.1) is 0 Å². The fourth-order valence-corrected chi connectivity index (χ4v) is 6.35. The molecule has 2 atom stereocenters. The summed E-state index contributed by atoms with van der Waals surface area (Å²) in [5, 5.41) is 0. The summed E-state index contributed by atoms with van der Waals surface area (Å²) < 4.78 is 61.2. The fourth-order valence-electron chi connectivity index (χ4n) is 3.69. The summed E-state index contributed by atoms with van der Waals surface area (Å²) in [5.74, 6) is 1.06. The summed E-state index contributed by atoms with van der Waals surface area (Å²) in [7, 11) is -5.97. The zero-order valence-electron chi connectivity index (χ0n) is 22.0. The zero-order valence-corrected chi connectivity index (χ0v) is 23.6. The number of methoxy groups -OCH3 is 1. The average molecular weight is 545 g/mol. The maximum atomic E-state index is 13.8. The predicted molar refractivity (Wildman–Crippen MR) is 148 cm³/mol. The highest BCUT2D eigenvalue weighted by molar-refractivity contribution is 7.89. The van der Waals surface area contributed by atoms with E-state index in [2.05, 4.69) is 18.2 Å². The third kappa shape index (κ3) is 7.41. The summed E-state index contributed by atoms with van der Waals surface area (Å²) in [6.45, 7) is 8.20. The Balaban J connectivity index is 1.96. The minimum Gasteiger partial charge on any atom is -0.497 e. The Morgan fingerprint density at radius 1 is 0.811 bits per heavy atom. The van der Waals surface area contributed by atoms with Gasteiger partial charge in [-0.05, 0) is 72.4 Å². The molecule has 3 aromatic carbocycles. The van der Waals surface area contributed by atoms with Crippen molar-refractivity contribution in [1.82, 2.24) is 4.31 Å². The monoisotopic (exact) mass is 544 g/mol. The van der Waals surface area contributed by atoms with E-state index in [1.807, 2.05) is 43.3 Å². The van der Waals surface area contributed by atoms with Crippen LogP contribution in [0.2, 0.25) is 0 Å². The van der Waals surface area contributed by atoms with Crippen LogP contribution < -0.4 is 4.74 Å². The lowest BCUT2D eigenvalue weighted by Gasteiger charge is -2.23. The van der Waals surface area contributed by atoms with E-state index in [4.69, 9.17) is 4.74 Å². The highest BCUT2D eigenvalue weighted by atomic mass is 32.2. The van der Waals surface area contributed by atoms with Crippen molar-refractivity contribution >= 4 is 20.0 Å². The van der Waals surface area contributed by atoms with Gasteiger partial charge in [0.25, 0.3) is 0 Å². The van der Waals surface area contributed by atoms with Gasteiger partial charge in [0, 0.05) is 13.1 Å². The molecule has 0 aromatic heterocycles. The van der Waals surface area contributed by atoms with Gasteiger partial charge in [-0.25, -0.2) is 17.0 Å². The molecule has 0 heterocycles. The van der Waals surface area contributed by atoms with E-state index < -0.39 is 20.0 Å². The number of benzene rings is 3. The van der Waals surface area contributed by atoms with Crippen molar-refractivity contribution < 1.29 is 21.9 Å². The normalized spacial score (nSPS) is 14.4. The summed E-state index contributed by atoms with van der Waals surface area (Å²) in [5.41, 5.74) is 2.86. The first-order chi connectivity index (χ1) is 17.5. The third-order valence-electron chi connectivity index (χ3n) is 6.21. The Morgan fingerprint density at radius 2 is 1.30 bits per heavy atom. The zero-order chi connectivity index (χ0) is 27.2. The summed E-state index contributed by atoms with van der Waals surface area (Å²) in [6.07, 6.45) is 0.627. The Morgan fingerprint density at radius 3 is 1.76 bits per heavy atom. The molecule has 0 amide bonds. The second kappa shape index (κ2) is 12.2. The second-order valence-electron chi connectivity index (χ2n) is 9.35. The van der Waals surface area contributed by atoms with Crippen molar-refractivity contribution in [2.24, 2.45) is 4.36 Å². The van der Waals surface area contributed by atoms with E-state index >= 15 is 0 Å². The van der Waals surface area contributed by atoms with E-state index in [1.54, 1.807) is 26.2 Å². The van der Waals surface area contributed by atoms with Crippen LogP contribution in [-0.4, -0.2) is 34.6 Å². The molecule has 0 aliphatic heterocycles. The van der Waals surface area contributed by atoms with Crippen LogP contribution in [0, 0.1) is 0 Å². The Labute approximate surface area is 221 Å². The predicted octanol–water partition coefficient (Wildman–Crippen LogP) is 6.31. The lowest BCUT2D eigenvalue weighted by molar-refractivity contribution is 0.399. The van der Waals surface area contributed by atoms with Crippen LogP contribution in [0.5, 0.6) is 5.75 Å². The largest absolute Gasteiger partial charge is 0.497 e. The number of sulfonamides is 1. The smallest absolute Gasteiger partial charge is 0.243 e. The van der Waals surface area contributed by atoms with Crippen molar-refractivity contribution in [2.75, 3.05) is 7.11 Å². The standard InChI is InChI=1S/C28H36N2O5S2/c1-6-22(4)29-36(31,32)27-15-17-28(18-16-27)37(33,34)30(20-24-9-13-26(35-5)14-10-24)19-23-7-11-25(12-8-23)21(2)3/h7-18,21-22H,6,19-20H2,1-5H3,(H,29,31,32)/t22-/m0/s1. The van der Waals surface area contributed by atoms with Gasteiger partial charge >= 0.3 is 0 Å². The van der Waals surface area contributed by atoms with Crippen molar-refractivity contribution in [3.8, 4) is 5.75 Å². The molecule has 1 N–H and O–H groups in total. The van der Waals surface area contributed by atoms with Gasteiger partial charge in [0.1, 0.15) is 5.75 Å². The molecule has 0 saturated carbocycles. The van der Waals surface area contributed by atoms with Crippen LogP contribution in [0.4, 0.5) is 0 Å². The molecular weight excluding hydrogens is 508 g/mol. The second-order valence-corrected chi connectivity index (χ2v) is 13.0. The summed E-state index contributed by atoms with van der Waals surface area (Å²) >= 11 is 0. The summed E-state index contributed by atoms with van der Waals surface area (Å²) in [4.78, 5) is 0.125. The van der Waals surface area contributed by atoms with Crippen molar-refractivity contribution in [3.63, 3.8) is 0 Å². The van der Waals surface area contributed by atoms with E-state index in [0.29, 0.717) is 18.1 Å². The molecule has 0 aliphatic carbocycles. The lowest BCUT2D eigenvalue weighted by Crippen LogP contribution is -2.30. The topological polar surface area (TPSA) is 96.3 Å². The van der Waals surface area contributed by atoms with Crippen molar-refractivity contribution in [1.29, 1.82) is 0 Å². The Hall–Kier alpha value is -2.72. The van der Waals surface area contributed by atoms with E-state index in [9.17, 15) is 17.2 Å². The molecule has 7 nitrogen and oxygen atoms in total. The molecule has 3 aromatic rings. The highest BCUT2D eigenvalue weighted by Gasteiger charge is 2.26. The molecular formula is C28H36N2O5S2. The number of hydrogen-bond donors (Lipinski definition) is 1. The summed E-state index contributed by atoms with van der Waals surface area (Å²) in [6, 6.07) is 20.4. The number of ether oxygens (including phenoxy) is 1. The van der Waals surface area contributed by atoms with Crippen molar-refractivity contribution in [3.05, 3.63) is 89.5 Å². The van der Waals surface area contributed by atoms with Gasteiger partial charge in [0.15, 0.2) is 10.0 Å². The molecule has 3 rings (SSSR count). The van der Waals surface area contributed by atoms with Crippen LogP contribution in [-0.2, 0) is 33.1 Å². The maximum absolute atomic E-state index is 13.8. The van der Waals surface area contributed by atoms with E-state index in [-0.39, 0.29) is 28.9 Å². The maximum Gasteiger partial charge on any atom is 0.243 e. The molecule has 0 aliphatic rings. The van der Waals surface area contributed by atoms with Crippen molar-refractivity contribution in [2.45, 2.75) is 69.0 Å². The lowest BCUT2D eigenvalue weighted by atomic mass is 10.0. The first kappa shape index (κ1) is 28.8. The van der Waals surface area contributed by atoms with Gasteiger partial charge in [-0.2, -0.15) is 4.31 Å². The fraction of sp³-hybridized carbons (Fsp3) is 0.357. The van der Waals surface area contributed by atoms with E-state index in [0.717, 1.165) is 11.1 Å². The molecule has 200 valence electrons. The third-order valence-corrected chi connectivity index (χ3v) is 9.54. The minimum atomic E-state index is -3.93. The van der Waals surface area contributed by atoms with Crippen LogP contribution in [0.15, 0.2) is 87.0 Å². The van der Waals surface area contributed by atoms with Gasteiger partial charge < -0.3 is 4.74 Å². The molecule has 9 heteroatoms. The van der Waals surface area contributed by atoms with Gasteiger partial charge in [0.2, 0.25) is 10.0 Å². The SMILES string of the molecule is CC[C@H](C)N=S(=O)(O)c1ccc(S(=O)(=O)N(Cc2ccc(OC)cc2)Cc2ccc(C(C)C)cc2)cc1. The molecule has 0 saturated heterocycles. The number of nitrogens with zero attached hydrogens (tertiary/aromatic N) is 2. The Kier molecular flexibility index (Phi) is 9.52. The van der Waals surface area contributed by atoms with Gasteiger partial charge in [-0.3, -0.25) is 4.55 Å². The van der Waals surface area contributed by atoms with Crippen LogP contribution in [0.3, 0.4) is 0 Å². The minimum absolute atomic E-state index is 0.0438. The molecule has 1 unspecified atom stereocenters. The first-order valence-corrected chi connectivity index (χ1v) is 15.2. The number of hydrogen-bond acceptors (Lipinski definition) is 5. The van der Waals surface area contributed by atoms with Gasteiger partial charge in [0.05, 0.1) is 22.9 Å². The average Bonchev–Trinajstić information content (AvgIpc) is 2.88. The molecule has 0 spiro atoms. The molecule has 37 heavy (non-hydrogen) atoms. The van der Waals surface area contributed by atoms with E-state index in [1.165, 1.54) is 34.1 Å². The van der Waals surface area contributed by atoms with Crippen LogP contribution >= 0.6 is 0 Å². The van der Waals surface area contributed by atoms with Crippen LogP contribution in [0.1, 0.15) is 56.7 Å². The Bertz CT molecular complexity index is 1390. The molecule has 0 fully saturated rings.